The average Bonchev–Trinajstić information content (AvgIpc) is 3.07. The Morgan fingerprint density at radius 3 is 2.09 bits per heavy atom. The van der Waals surface area contributed by atoms with Crippen molar-refractivity contribution in [1.29, 1.82) is 5.26 Å². The van der Waals surface area contributed by atoms with E-state index in [1.807, 2.05) is 55.5 Å². The van der Waals surface area contributed by atoms with Crippen LogP contribution in [0, 0.1) is 11.3 Å². The highest BCUT2D eigenvalue weighted by atomic mass is 16.5. The second-order valence-corrected chi connectivity index (χ2v) is 7.33. The fourth-order valence-electron chi connectivity index (χ4n) is 3.59. The maximum absolute atomic E-state index is 12.7. The minimum atomic E-state index is -0.547. The van der Waals surface area contributed by atoms with Crippen molar-refractivity contribution in [2.45, 2.75) is 19.8 Å². The second kappa shape index (κ2) is 11.0. The Labute approximate surface area is 193 Å². The van der Waals surface area contributed by atoms with Crippen LogP contribution >= 0.6 is 0 Å². The molecule has 0 bridgehead atoms. The fraction of sp³-hybridized carbons (Fsp3) is 0.320. The molecule has 2 aromatic carbocycles. The third kappa shape index (κ3) is 5.44. The summed E-state index contributed by atoms with van der Waals surface area (Å²) < 4.78 is 16.3. The van der Waals surface area contributed by atoms with Gasteiger partial charge in [0, 0.05) is 20.5 Å². The predicted octanol–water partition coefficient (Wildman–Crippen LogP) is 3.68. The molecule has 0 amide bonds. The van der Waals surface area contributed by atoms with Crippen molar-refractivity contribution in [3.8, 4) is 17.6 Å². The lowest BCUT2D eigenvalue weighted by atomic mass is 10.2. The maximum atomic E-state index is 12.7. The van der Waals surface area contributed by atoms with Crippen LogP contribution in [0.1, 0.15) is 19.8 Å². The molecule has 33 heavy (non-hydrogen) atoms. The number of nitriles is 1. The maximum Gasteiger partial charge on any atom is 0.306 e. The zero-order valence-electron chi connectivity index (χ0n) is 19.0. The highest BCUT2D eigenvalue weighted by molar-refractivity contribution is 6.03. The molecular formula is C25H27N3O5. The molecule has 8 heteroatoms. The first kappa shape index (κ1) is 23.7. The van der Waals surface area contributed by atoms with E-state index >= 15 is 0 Å². The number of hydrogen-bond donors (Lipinski definition) is 0. The molecule has 0 N–H and O–H groups in total. The van der Waals surface area contributed by atoms with Crippen LogP contribution < -0.4 is 19.3 Å². The van der Waals surface area contributed by atoms with E-state index in [4.69, 9.17) is 14.2 Å². The Kier molecular flexibility index (Phi) is 7.92. The van der Waals surface area contributed by atoms with Crippen molar-refractivity contribution in [3.63, 3.8) is 0 Å². The number of ketones is 1. The highest BCUT2D eigenvalue weighted by Gasteiger charge is 2.31. The molecule has 1 heterocycles. The molecule has 0 saturated heterocycles. The van der Waals surface area contributed by atoms with E-state index in [2.05, 4.69) is 0 Å². The number of carbonyl (C=O) groups is 2. The van der Waals surface area contributed by atoms with Crippen LogP contribution in [0.3, 0.4) is 0 Å². The van der Waals surface area contributed by atoms with Crippen LogP contribution in [0.5, 0.6) is 11.5 Å². The molecule has 1 aliphatic rings. The van der Waals surface area contributed by atoms with E-state index in [-0.39, 0.29) is 12.0 Å². The molecule has 3 rings (SSSR count). The van der Waals surface area contributed by atoms with Gasteiger partial charge in [0.15, 0.2) is 18.1 Å². The van der Waals surface area contributed by atoms with Crippen LogP contribution in [0.2, 0.25) is 0 Å². The van der Waals surface area contributed by atoms with Crippen LogP contribution in [0.15, 0.2) is 59.9 Å². The third-order valence-corrected chi connectivity index (χ3v) is 5.15. The molecule has 8 nitrogen and oxygen atoms in total. The van der Waals surface area contributed by atoms with Crippen molar-refractivity contribution in [2.75, 3.05) is 43.7 Å². The van der Waals surface area contributed by atoms with Crippen molar-refractivity contribution in [3.05, 3.63) is 59.9 Å². The molecule has 0 aromatic heterocycles. The molecule has 1 aliphatic heterocycles. The van der Waals surface area contributed by atoms with Gasteiger partial charge in [-0.3, -0.25) is 9.59 Å². The molecule has 2 aromatic rings. The summed E-state index contributed by atoms with van der Waals surface area (Å²) in [6.45, 7) is 2.23. The number of rotatable bonds is 10. The van der Waals surface area contributed by atoms with Crippen LogP contribution in [-0.2, 0) is 14.3 Å². The normalized spacial score (nSPS) is 12.1. The quantitative estimate of drug-likeness (QED) is 0.235. The number of hydrogen-bond acceptors (Lipinski definition) is 8. The number of anilines is 2. The highest BCUT2D eigenvalue weighted by Crippen LogP contribution is 2.40. The number of Topliss-reactive ketones (excluding diaryl/α,β-unsaturated/α-hetero) is 1. The van der Waals surface area contributed by atoms with Gasteiger partial charge in [-0.15, -0.1) is 0 Å². The van der Waals surface area contributed by atoms with Gasteiger partial charge in [0.05, 0.1) is 24.6 Å². The first-order chi connectivity index (χ1) is 16.0. The van der Waals surface area contributed by atoms with Crippen LogP contribution in [0.4, 0.5) is 11.4 Å². The molecule has 0 aliphatic carbocycles. The lowest BCUT2D eigenvalue weighted by molar-refractivity contribution is -0.147. The van der Waals surface area contributed by atoms with Gasteiger partial charge in [0.2, 0.25) is 5.78 Å². The van der Waals surface area contributed by atoms with E-state index < -0.39 is 18.4 Å². The standard InChI is InChI=1S/C25H27N3O5/c1-4-31-22-12-7-8-13-23(22)32-15-9-14-24(30)33-17-21(29)18(16-26)25-27(2)19-10-5-6-11-20(19)28(25)3/h5-8,10-13H,4,9,14-15,17H2,1-3H3. The minimum absolute atomic E-state index is 0.0557. The Bertz CT molecular complexity index is 1060. The largest absolute Gasteiger partial charge is 0.490 e. The van der Waals surface area contributed by atoms with E-state index in [1.165, 1.54) is 0 Å². The Morgan fingerprint density at radius 1 is 0.939 bits per heavy atom. The van der Waals surface area contributed by atoms with Crippen LogP contribution in [-0.4, -0.2) is 45.7 Å². The summed E-state index contributed by atoms with van der Waals surface area (Å²) >= 11 is 0. The molecule has 0 radical (unpaired) electrons. The number of ether oxygens (including phenoxy) is 3. The number of fused-ring (bicyclic) bond motifs is 1. The lowest BCUT2D eigenvalue weighted by Crippen LogP contribution is -2.27. The minimum Gasteiger partial charge on any atom is -0.490 e. The monoisotopic (exact) mass is 449 g/mol. The number of nitrogens with zero attached hydrogens (tertiary/aromatic N) is 3. The van der Waals surface area contributed by atoms with Gasteiger partial charge in [-0.05, 0) is 37.6 Å². The lowest BCUT2D eigenvalue weighted by Gasteiger charge is -2.19. The Balaban J connectivity index is 1.51. The molecule has 0 fully saturated rings. The molecular weight excluding hydrogens is 422 g/mol. The van der Waals surface area contributed by atoms with Gasteiger partial charge in [-0.25, -0.2) is 0 Å². The zero-order valence-corrected chi connectivity index (χ0v) is 19.0. The molecule has 172 valence electrons. The van der Waals surface area contributed by atoms with E-state index in [1.54, 1.807) is 30.0 Å². The zero-order chi connectivity index (χ0) is 23.8. The topological polar surface area (TPSA) is 92.1 Å². The number of para-hydroxylation sites is 4. The Hall–Kier alpha value is -3.99. The van der Waals surface area contributed by atoms with E-state index in [0.717, 1.165) is 11.4 Å². The van der Waals surface area contributed by atoms with Crippen molar-refractivity contribution in [2.24, 2.45) is 0 Å². The van der Waals surface area contributed by atoms with E-state index in [9.17, 15) is 14.9 Å². The summed E-state index contributed by atoms with van der Waals surface area (Å²) in [5, 5.41) is 9.63. The SMILES string of the molecule is CCOc1ccccc1OCCCC(=O)OCC(=O)C(C#N)=C1N(C)c2ccccc2N1C. The number of benzene rings is 2. The first-order valence-electron chi connectivity index (χ1n) is 10.7. The summed E-state index contributed by atoms with van der Waals surface area (Å²) in [4.78, 5) is 28.3. The van der Waals surface area contributed by atoms with Gasteiger partial charge in [-0.1, -0.05) is 24.3 Å². The smallest absolute Gasteiger partial charge is 0.306 e. The van der Waals surface area contributed by atoms with Crippen molar-refractivity contribution >= 4 is 23.1 Å². The van der Waals surface area contributed by atoms with Gasteiger partial charge in [-0.2, -0.15) is 5.26 Å². The molecule has 0 unspecified atom stereocenters. The number of esters is 1. The van der Waals surface area contributed by atoms with Gasteiger partial charge in [0.1, 0.15) is 17.5 Å². The van der Waals surface area contributed by atoms with Crippen molar-refractivity contribution in [1.82, 2.24) is 0 Å². The number of carbonyl (C=O) groups excluding carboxylic acids is 2. The van der Waals surface area contributed by atoms with Crippen LogP contribution in [0.25, 0.3) is 0 Å². The summed E-state index contributed by atoms with van der Waals surface area (Å²) in [5.74, 6) is 0.646. The van der Waals surface area contributed by atoms with Gasteiger partial charge >= 0.3 is 5.97 Å². The Morgan fingerprint density at radius 2 is 1.52 bits per heavy atom. The first-order valence-corrected chi connectivity index (χ1v) is 10.7. The summed E-state index contributed by atoms with van der Waals surface area (Å²) in [7, 11) is 3.58. The third-order valence-electron chi connectivity index (χ3n) is 5.15. The summed E-state index contributed by atoms with van der Waals surface area (Å²) in [5.41, 5.74) is 1.72. The molecule has 0 spiro atoms. The average molecular weight is 450 g/mol. The van der Waals surface area contributed by atoms with Gasteiger partial charge in [0.25, 0.3) is 0 Å². The van der Waals surface area contributed by atoms with Gasteiger partial charge < -0.3 is 24.0 Å². The predicted molar refractivity (Wildman–Crippen MR) is 124 cm³/mol. The second-order valence-electron chi connectivity index (χ2n) is 7.33. The van der Waals surface area contributed by atoms with Crippen molar-refractivity contribution < 1.29 is 23.8 Å². The summed E-state index contributed by atoms with van der Waals surface area (Å²) in [6.07, 6.45) is 0.508. The molecule has 0 atom stereocenters. The van der Waals surface area contributed by atoms with E-state index in [0.29, 0.717) is 37.0 Å². The summed E-state index contributed by atoms with van der Waals surface area (Å²) in [6, 6.07) is 16.9. The molecule has 0 saturated carbocycles. The fourth-order valence-corrected chi connectivity index (χ4v) is 3.59.